The van der Waals surface area contributed by atoms with Gasteiger partial charge >= 0.3 is 0 Å². The highest BCUT2D eigenvalue weighted by Gasteiger charge is 2.15. The number of benzene rings is 2. The highest BCUT2D eigenvalue weighted by Crippen LogP contribution is 2.18. The van der Waals surface area contributed by atoms with Crippen molar-refractivity contribution in [2.45, 2.75) is 13.0 Å². The molecule has 0 saturated carbocycles. The minimum atomic E-state index is -0.747. The van der Waals surface area contributed by atoms with Gasteiger partial charge in [0.2, 0.25) is 0 Å². The highest BCUT2D eigenvalue weighted by atomic mass is 19.1. The summed E-state index contributed by atoms with van der Waals surface area (Å²) in [5, 5.41) is 2.50. The predicted octanol–water partition coefficient (Wildman–Crippen LogP) is 3.36. The van der Waals surface area contributed by atoms with Crippen molar-refractivity contribution in [2.75, 3.05) is 6.61 Å². The van der Waals surface area contributed by atoms with Crippen molar-refractivity contribution in [2.24, 2.45) is 0 Å². The topological polar surface area (TPSA) is 38.3 Å². The van der Waals surface area contributed by atoms with Gasteiger partial charge in [0.05, 0.1) is 6.04 Å². The van der Waals surface area contributed by atoms with E-state index in [9.17, 15) is 18.0 Å². The molecule has 0 aliphatic carbocycles. The number of nitrogens with one attached hydrogen (secondary N) is 1. The maximum Gasteiger partial charge on any atom is 0.258 e. The van der Waals surface area contributed by atoms with Crippen LogP contribution in [0.15, 0.2) is 42.5 Å². The molecule has 2 aromatic rings. The second-order valence-electron chi connectivity index (χ2n) is 4.67. The number of halogens is 3. The summed E-state index contributed by atoms with van der Waals surface area (Å²) >= 11 is 0. The third-order valence-electron chi connectivity index (χ3n) is 3.00. The molecule has 6 heteroatoms. The van der Waals surface area contributed by atoms with E-state index < -0.39 is 36.0 Å². The van der Waals surface area contributed by atoms with E-state index in [4.69, 9.17) is 4.74 Å². The summed E-state index contributed by atoms with van der Waals surface area (Å²) in [6.07, 6.45) is 0. The summed E-state index contributed by atoms with van der Waals surface area (Å²) < 4.78 is 44.8. The Balaban J connectivity index is 1.93. The highest BCUT2D eigenvalue weighted by molar-refractivity contribution is 5.78. The maximum atomic E-state index is 13.6. The van der Waals surface area contributed by atoms with Crippen molar-refractivity contribution in [3.8, 4) is 5.75 Å². The van der Waals surface area contributed by atoms with E-state index in [-0.39, 0.29) is 11.3 Å². The van der Waals surface area contributed by atoms with E-state index >= 15 is 0 Å². The number of ether oxygens (including phenoxy) is 1. The first-order chi connectivity index (χ1) is 10.5. The second-order valence-corrected chi connectivity index (χ2v) is 4.67. The van der Waals surface area contributed by atoms with Gasteiger partial charge in [0.1, 0.15) is 11.6 Å². The zero-order valence-electron chi connectivity index (χ0n) is 11.8. The van der Waals surface area contributed by atoms with Crippen molar-refractivity contribution >= 4 is 5.91 Å². The van der Waals surface area contributed by atoms with E-state index in [1.54, 1.807) is 13.0 Å². The van der Waals surface area contributed by atoms with Crippen molar-refractivity contribution in [1.29, 1.82) is 0 Å². The molecule has 0 radical (unpaired) electrons. The van der Waals surface area contributed by atoms with Gasteiger partial charge < -0.3 is 10.1 Å². The lowest BCUT2D eigenvalue weighted by Gasteiger charge is -2.15. The molecule has 0 aromatic heterocycles. The third-order valence-corrected chi connectivity index (χ3v) is 3.00. The Bertz CT molecular complexity index is 676. The fourth-order valence-electron chi connectivity index (χ4n) is 1.92. The molecule has 0 spiro atoms. The molecule has 2 rings (SSSR count). The zero-order chi connectivity index (χ0) is 16.1. The Morgan fingerprint density at radius 1 is 1.14 bits per heavy atom. The predicted molar refractivity (Wildman–Crippen MR) is 74.8 cm³/mol. The third kappa shape index (κ3) is 4.00. The van der Waals surface area contributed by atoms with Crippen LogP contribution in [0.3, 0.4) is 0 Å². The molecule has 3 nitrogen and oxygen atoms in total. The largest absolute Gasteiger partial charge is 0.481 e. The molecule has 2 aromatic carbocycles. The van der Waals surface area contributed by atoms with E-state index in [0.29, 0.717) is 0 Å². The standard InChI is InChI=1S/C16H14F3NO2/c1-10(12-7-6-11(17)8-14(12)19)20-16(21)9-22-15-5-3-2-4-13(15)18/h2-8,10H,9H2,1H3,(H,20,21)/t10-/m0/s1. The Hall–Kier alpha value is -2.50. The van der Waals surface area contributed by atoms with Crippen LogP contribution in [0.25, 0.3) is 0 Å². The SMILES string of the molecule is C[C@H](NC(=O)COc1ccccc1F)c1ccc(F)cc1F. The summed E-state index contributed by atoms with van der Waals surface area (Å²) in [7, 11) is 0. The van der Waals surface area contributed by atoms with Gasteiger partial charge in [0, 0.05) is 11.6 Å². The van der Waals surface area contributed by atoms with Crippen molar-refractivity contribution < 1.29 is 22.7 Å². The van der Waals surface area contributed by atoms with Gasteiger partial charge in [0.25, 0.3) is 5.91 Å². The number of carbonyl (C=O) groups is 1. The summed E-state index contributed by atoms with van der Waals surface area (Å²) in [4.78, 5) is 11.7. The molecule has 0 bridgehead atoms. The lowest BCUT2D eigenvalue weighted by molar-refractivity contribution is -0.123. The van der Waals surface area contributed by atoms with Crippen LogP contribution in [0.5, 0.6) is 5.75 Å². The van der Waals surface area contributed by atoms with Crippen LogP contribution in [-0.4, -0.2) is 12.5 Å². The quantitative estimate of drug-likeness (QED) is 0.920. The molecule has 1 atom stereocenters. The van der Waals surface area contributed by atoms with E-state index in [1.807, 2.05) is 0 Å². The minimum Gasteiger partial charge on any atom is -0.481 e. The molecule has 0 fully saturated rings. The Labute approximate surface area is 125 Å². The number of carbonyl (C=O) groups excluding carboxylic acids is 1. The normalized spacial score (nSPS) is 11.8. The van der Waals surface area contributed by atoms with Crippen LogP contribution >= 0.6 is 0 Å². The van der Waals surface area contributed by atoms with Gasteiger partial charge in [-0.15, -0.1) is 0 Å². The average Bonchev–Trinajstić information content (AvgIpc) is 2.46. The van der Waals surface area contributed by atoms with Crippen LogP contribution in [0.2, 0.25) is 0 Å². The number of hydrogen-bond acceptors (Lipinski definition) is 2. The first kappa shape index (κ1) is 15.9. The molecular formula is C16H14F3NO2. The molecule has 116 valence electrons. The van der Waals surface area contributed by atoms with Crippen molar-refractivity contribution in [3.05, 3.63) is 65.5 Å². The van der Waals surface area contributed by atoms with Crippen LogP contribution in [0, 0.1) is 17.5 Å². The van der Waals surface area contributed by atoms with Crippen molar-refractivity contribution in [3.63, 3.8) is 0 Å². The maximum absolute atomic E-state index is 13.6. The Kier molecular flexibility index (Phi) is 5.04. The summed E-state index contributed by atoms with van der Waals surface area (Å²) in [6, 6.07) is 8.12. The van der Waals surface area contributed by atoms with Crippen LogP contribution in [-0.2, 0) is 4.79 Å². The number of rotatable bonds is 5. The van der Waals surface area contributed by atoms with E-state index in [2.05, 4.69) is 5.32 Å². The van der Waals surface area contributed by atoms with Gasteiger partial charge in [-0.25, -0.2) is 13.2 Å². The van der Waals surface area contributed by atoms with Crippen molar-refractivity contribution in [1.82, 2.24) is 5.32 Å². The van der Waals surface area contributed by atoms with Crippen LogP contribution < -0.4 is 10.1 Å². The lowest BCUT2D eigenvalue weighted by Crippen LogP contribution is -2.31. The molecule has 0 heterocycles. The smallest absolute Gasteiger partial charge is 0.258 e. The molecule has 22 heavy (non-hydrogen) atoms. The number of para-hydroxylation sites is 1. The zero-order valence-corrected chi connectivity index (χ0v) is 11.8. The average molecular weight is 309 g/mol. The van der Waals surface area contributed by atoms with Crippen LogP contribution in [0.1, 0.15) is 18.5 Å². The fraction of sp³-hybridized carbons (Fsp3) is 0.188. The molecule has 1 N–H and O–H groups in total. The minimum absolute atomic E-state index is 0.0433. The van der Waals surface area contributed by atoms with E-state index in [0.717, 1.165) is 12.1 Å². The molecule has 0 unspecified atom stereocenters. The molecule has 0 aliphatic heterocycles. The van der Waals surface area contributed by atoms with Gasteiger partial charge in [-0.05, 0) is 25.1 Å². The Morgan fingerprint density at radius 2 is 1.86 bits per heavy atom. The fourth-order valence-corrected chi connectivity index (χ4v) is 1.92. The van der Waals surface area contributed by atoms with Gasteiger partial charge in [-0.3, -0.25) is 4.79 Å². The van der Waals surface area contributed by atoms with Gasteiger partial charge in [-0.2, -0.15) is 0 Å². The second kappa shape index (κ2) is 6.98. The number of amides is 1. The molecule has 0 aliphatic rings. The lowest BCUT2D eigenvalue weighted by atomic mass is 10.1. The molecule has 1 amide bonds. The first-order valence-corrected chi connectivity index (χ1v) is 6.59. The van der Waals surface area contributed by atoms with Crippen LogP contribution in [0.4, 0.5) is 13.2 Å². The Morgan fingerprint density at radius 3 is 2.55 bits per heavy atom. The molecular weight excluding hydrogens is 295 g/mol. The summed E-state index contributed by atoms with van der Waals surface area (Å²) in [6.45, 7) is 1.14. The summed E-state index contributed by atoms with van der Waals surface area (Å²) in [5.41, 5.74) is 0.153. The monoisotopic (exact) mass is 309 g/mol. The molecule has 0 saturated heterocycles. The number of hydrogen-bond donors (Lipinski definition) is 1. The first-order valence-electron chi connectivity index (χ1n) is 6.59. The summed E-state index contributed by atoms with van der Waals surface area (Å²) in [5.74, 6) is -2.60. The van der Waals surface area contributed by atoms with E-state index in [1.165, 1.54) is 24.3 Å². The van der Waals surface area contributed by atoms with Gasteiger partial charge in [0.15, 0.2) is 18.2 Å². The van der Waals surface area contributed by atoms with Gasteiger partial charge in [-0.1, -0.05) is 18.2 Å².